The van der Waals surface area contributed by atoms with Crippen molar-refractivity contribution in [2.75, 3.05) is 0 Å². The molecular weight excluding hydrogens is 320 g/mol. The van der Waals surface area contributed by atoms with Crippen LogP contribution in [-0.4, -0.2) is 21.8 Å². The summed E-state index contributed by atoms with van der Waals surface area (Å²) in [5, 5.41) is 7.83. The Morgan fingerprint density at radius 1 is 1.26 bits per heavy atom. The number of thioether (sulfide) groups is 1. The zero-order chi connectivity index (χ0) is 16.1. The number of rotatable bonds is 7. The number of hydrogen-bond acceptors (Lipinski definition) is 4. The minimum Gasteiger partial charge on any atom is -0.435 e. The van der Waals surface area contributed by atoms with Crippen LogP contribution in [-0.2, 0) is 12.2 Å². The summed E-state index contributed by atoms with van der Waals surface area (Å²) in [6, 6.07) is 6.80. The fraction of sp³-hybridized carbons (Fsp3) is 0.500. The Labute approximate surface area is 138 Å². The van der Waals surface area contributed by atoms with Gasteiger partial charge in [-0.3, -0.25) is 5.10 Å². The molecule has 0 unspecified atom stereocenters. The number of ether oxygens (including phenoxy) is 1. The van der Waals surface area contributed by atoms with Crippen molar-refractivity contribution >= 4 is 11.8 Å². The number of nitrogens with one attached hydrogen (secondary N) is 1. The van der Waals surface area contributed by atoms with Crippen molar-refractivity contribution in [3.63, 3.8) is 0 Å². The molecule has 3 rings (SSSR count). The topological polar surface area (TPSA) is 50.8 Å². The largest absolute Gasteiger partial charge is 0.435 e. The second-order valence-electron chi connectivity index (χ2n) is 5.69. The molecule has 0 atom stereocenters. The van der Waals surface area contributed by atoms with Crippen molar-refractivity contribution in [2.45, 2.75) is 49.6 Å². The first-order valence-electron chi connectivity index (χ1n) is 7.77. The van der Waals surface area contributed by atoms with E-state index in [1.165, 1.54) is 37.4 Å². The van der Waals surface area contributed by atoms with Gasteiger partial charge in [0.15, 0.2) is 0 Å². The number of benzene rings is 1. The van der Waals surface area contributed by atoms with E-state index in [1.54, 1.807) is 24.3 Å². The average Bonchev–Trinajstić information content (AvgIpc) is 3.18. The maximum Gasteiger partial charge on any atom is 0.387 e. The van der Waals surface area contributed by atoms with Crippen LogP contribution >= 0.6 is 11.8 Å². The van der Waals surface area contributed by atoms with Crippen molar-refractivity contribution in [2.24, 2.45) is 5.92 Å². The Bertz CT molecular complexity index is 629. The molecule has 124 valence electrons. The highest BCUT2D eigenvalue weighted by Crippen LogP contribution is 2.29. The number of hydrogen-bond donors (Lipinski definition) is 1. The standard InChI is InChI=1S/C16H19F2N3OS/c17-15(18)22-13-8-4-3-7-12(13)10-23-16-19-14(20-21-16)9-11-5-1-2-6-11/h3-4,7-8,11,15H,1-2,5-6,9-10H2,(H,19,20,21). The Hall–Kier alpha value is -1.63. The molecule has 0 spiro atoms. The highest BCUT2D eigenvalue weighted by molar-refractivity contribution is 7.98. The first-order valence-corrected chi connectivity index (χ1v) is 8.76. The van der Waals surface area contributed by atoms with Crippen LogP contribution in [0.4, 0.5) is 8.78 Å². The van der Waals surface area contributed by atoms with E-state index in [2.05, 4.69) is 19.9 Å². The lowest BCUT2D eigenvalue weighted by molar-refractivity contribution is -0.0503. The van der Waals surface area contributed by atoms with Gasteiger partial charge >= 0.3 is 6.61 Å². The van der Waals surface area contributed by atoms with Crippen molar-refractivity contribution in [1.29, 1.82) is 0 Å². The Morgan fingerprint density at radius 2 is 2.04 bits per heavy atom. The lowest BCUT2D eigenvalue weighted by atomic mass is 10.0. The number of aromatic amines is 1. The minimum atomic E-state index is -2.82. The summed E-state index contributed by atoms with van der Waals surface area (Å²) in [6.45, 7) is -2.82. The Balaban J connectivity index is 1.57. The summed E-state index contributed by atoms with van der Waals surface area (Å²) in [5.41, 5.74) is 0.708. The van der Waals surface area contributed by atoms with E-state index >= 15 is 0 Å². The van der Waals surface area contributed by atoms with E-state index < -0.39 is 6.61 Å². The number of alkyl halides is 2. The van der Waals surface area contributed by atoms with Gasteiger partial charge in [0.1, 0.15) is 11.6 Å². The van der Waals surface area contributed by atoms with Gasteiger partial charge in [0, 0.05) is 17.7 Å². The predicted octanol–water partition coefficient (Wildman–Crippen LogP) is 4.43. The summed E-state index contributed by atoms with van der Waals surface area (Å²) < 4.78 is 29.3. The third kappa shape index (κ3) is 4.67. The molecule has 7 heteroatoms. The molecule has 1 aromatic carbocycles. The molecule has 0 amide bonds. The van der Waals surface area contributed by atoms with Crippen LogP contribution in [0.1, 0.15) is 37.1 Å². The van der Waals surface area contributed by atoms with E-state index in [-0.39, 0.29) is 5.75 Å². The highest BCUT2D eigenvalue weighted by atomic mass is 32.2. The van der Waals surface area contributed by atoms with Crippen LogP contribution in [0, 0.1) is 5.92 Å². The van der Waals surface area contributed by atoms with Gasteiger partial charge in [0.2, 0.25) is 5.16 Å². The second-order valence-corrected chi connectivity index (χ2v) is 6.64. The van der Waals surface area contributed by atoms with Gasteiger partial charge in [-0.1, -0.05) is 55.6 Å². The van der Waals surface area contributed by atoms with Crippen molar-refractivity contribution in [1.82, 2.24) is 15.2 Å². The molecule has 0 bridgehead atoms. The fourth-order valence-corrected chi connectivity index (χ4v) is 3.71. The molecule has 0 radical (unpaired) electrons. The zero-order valence-corrected chi connectivity index (χ0v) is 13.5. The van der Waals surface area contributed by atoms with Crippen molar-refractivity contribution < 1.29 is 13.5 Å². The number of halogens is 2. The zero-order valence-electron chi connectivity index (χ0n) is 12.7. The van der Waals surface area contributed by atoms with E-state index in [0.717, 1.165) is 12.2 Å². The van der Waals surface area contributed by atoms with Gasteiger partial charge in [0.25, 0.3) is 0 Å². The van der Waals surface area contributed by atoms with Gasteiger partial charge in [-0.2, -0.15) is 8.78 Å². The van der Waals surface area contributed by atoms with Gasteiger partial charge in [0.05, 0.1) is 0 Å². The molecule has 1 fully saturated rings. The van der Waals surface area contributed by atoms with Gasteiger partial charge < -0.3 is 4.74 Å². The normalized spacial score (nSPS) is 15.4. The molecule has 0 saturated heterocycles. The van der Waals surface area contributed by atoms with Crippen LogP contribution in [0.2, 0.25) is 0 Å². The molecule has 4 nitrogen and oxygen atoms in total. The summed E-state index contributed by atoms with van der Waals surface area (Å²) >= 11 is 1.42. The molecule has 0 aliphatic heterocycles. The highest BCUT2D eigenvalue weighted by Gasteiger charge is 2.17. The van der Waals surface area contributed by atoms with E-state index in [4.69, 9.17) is 0 Å². The van der Waals surface area contributed by atoms with E-state index in [0.29, 0.717) is 22.4 Å². The smallest absolute Gasteiger partial charge is 0.387 e. The number of para-hydroxylation sites is 1. The first-order chi connectivity index (χ1) is 11.2. The van der Waals surface area contributed by atoms with Gasteiger partial charge in [-0.25, -0.2) is 4.98 Å². The van der Waals surface area contributed by atoms with E-state index in [1.807, 2.05) is 0 Å². The minimum absolute atomic E-state index is 0.205. The monoisotopic (exact) mass is 339 g/mol. The third-order valence-corrected chi connectivity index (χ3v) is 4.91. The quantitative estimate of drug-likeness (QED) is 0.758. The number of aromatic nitrogens is 3. The molecule has 1 heterocycles. The Kier molecular flexibility index (Phi) is 5.48. The fourth-order valence-electron chi connectivity index (χ4n) is 2.90. The average molecular weight is 339 g/mol. The SMILES string of the molecule is FC(F)Oc1ccccc1CSc1n[nH]c(CC2CCCC2)n1. The summed E-state index contributed by atoms with van der Waals surface area (Å²) in [7, 11) is 0. The molecule has 1 N–H and O–H groups in total. The van der Waals surface area contributed by atoms with Crippen molar-refractivity contribution in [3.05, 3.63) is 35.7 Å². The van der Waals surface area contributed by atoms with E-state index in [9.17, 15) is 8.78 Å². The summed E-state index contributed by atoms with van der Waals surface area (Å²) in [4.78, 5) is 4.49. The number of nitrogens with zero attached hydrogens (tertiary/aromatic N) is 2. The lowest BCUT2D eigenvalue weighted by Gasteiger charge is -2.09. The van der Waals surface area contributed by atoms with Crippen molar-refractivity contribution in [3.8, 4) is 5.75 Å². The van der Waals surface area contributed by atoms with Crippen LogP contribution < -0.4 is 4.74 Å². The van der Waals surface area contributed by atoms with Gasteiger partial charge in [-0.15, -0.1) is 5.10 Å². The molecule has 1 aliphatic carbocycles. The maximum atomic E-state index is 12.4. The van der Waals surface area contributed by atoms with Crippen LogP contribution in [0.3, 0.4) is 0 Å². The lowest BCUT2D eigenvalue weighted by Crippen LogP contribution is -2.03. The third-order valence-electron chi connectivity index (χ3n) is 4.01. The van der Waals surface area contributed by atoms with Crippen LogP contribution in [0.15, 0.2) is 29.4 Å². The van der Waals surface area contributed by atoms with Crippen LogP contribution in [0.5, 0.6) is 5.75 Å². The molecule has 1 saturated carbocycles. The molecule has 1 aliphatic rings. The maximum absolute atomic E-state index is 12.4. The molecular formula is C16H19F2N3OS. The second kappa shape index (κ2) is 7.77. The molecule has 1 aromatic heterocycles. The predicted molar refractivity (Wildman–Crippen MR) is 84.7 cm³/mol. The molecule has 2 aromatic rings. The summed E-state index contributed by atoms with van der Waals surface area (Å²) in [6.07, 6.45) is 6.09. The first kappa shape index (κ1) is 16.2. The Morgan fingerprint density at radius 3 is 2.83 bits per heavy atom. The van der Waals surface area contributed by atoms with Gasteiger partial charge in [-0.05, 0) is 12.0 Å². The number of H-pyrrole nitrogens is 1. The van der Waals surface area contributed by atoms with Crippen LogP contribution in [0.25, 0.3) is 0 Å². The summed E-state index contributed by atoms with van der Waals surface area (Å²) in [5.74, 6) is 2.32. The molecule has 23 heavy (non-hydrogen) atoms.